The summed E-state index contributed by atoms with van der Waals surface area (Å²) in [5.74, 6) is 0.207. The summed E-state index contributed by atoms with van der Waals surface area (Å²) in [6, 6.07) is 0. The van der Waals surface area contributed by atoms with E-state index in [1.807, 2.05) is 11.9 Å². The van der Waals surface area contributed by atoms with E-state index in [2.05, 4.69) is 12.2 Å². The van der Waals surface area contributed by atoms with Gasteiger partial charge in [0.25, 0.3) is 0 Å². The highest BCUT2D eigenvalue weighted by molar-refractivity contribution is 5.85. The van der Waals surface area contributed by atoms with Gasteiger partial charge in [-0.25, -0.2) is 0 Å². The third-order valence-electron chi connectivity index (χ3n) is 2.91. The number of nitrogens with zero attached hydrogens (tertiary/aromatic N) is 1. The minimum absolute atomic E-state index is 0. The Balaban J connectivity index is 0.00000256. The molecule has 0 spiro atoms. The average molecular weight is 265 g/mol. The first-order valence-corrected chi connectivity index (χ1v) is 6.32. The molecule has 0 saturated carbocycles. The predicted octanol–water partition coefficient (Wildman–Crippen LogP) is 1.44. The molecule has 17 heavy (non-hydrogen) atoms. The van der Waals surface area contributed by atoms with E-state index in [0.29, 0.717) is 12.6 Å². The van der Waals surface area contributed by atoms with E-state index in [1.165, 1.54) is 0 Å². The topological polar surface area (TPSA) is 41.6 Å². The van der Waals surface area contributed by atoms with Gasteiger partial charge in [-0.05, 0) is 32.7 Å². The lowest BCUT2D eigenvalue weighted by Gasteiger charge is -2.20. The number of amides is 1. The van der Waals surface area contributed by atoms with Crippen molar-refractivity contribution in [3.8, 4) is 0 Å². The Labute approximate surface area is 110 Å². The number of carbonyl (C=O) groups is 1. The summed E-state index contributed by atoms with van der Waals surface area (Å²) in [6.07, 6.45) is 4.55. The van der Waals surface area contributed by atoms with Crippen LogP contribution in [0.2, 0.25) is 0 Å². The zero-order valence-corrected chi connectivity index (χ0v) is 11.7. The van der Waals surface area contributed by atoms with E-state index >= 15 is 0 Å². The van der Waals surface area contributed by atoms with Crippen molar-refractivity contribution in [2.75, 3.05) is 33.3 Å². The summed E-state index contributed by atoms with van der Waals surface area (Å²) < 4.78 is 5.75. The molecule has 0 radical (unpaired) electrons. The third kappa shape index (κ3) is 6.24. The van der Waals surface area contributed by atoms with Crippen LogP contribution in [0.1, 0.15) is 32.6 Å². The molecule has 4 nitrogen and oxygen atoms in total. The van der Waals surface area contributed by atoms with Crippen molar-refractivity contribution < 1.29 is 9.53 Å². The molecule has 1 unspecified atom stereocenters. The second-order valence-electron chi connectivity index (χ2n) is 4.33. The minimum atomic E-state index is 0. The number of hydrogen-bond acceptors (Lipinski definition) is 3. The van der Waals surface area contributed by atoms with Crippen molar-refractivity contribution in [3.05, 3.63) is 0 Å². The molecule has 1 aliphatic rings. The van der Waals surface area contributed by atoms with Gasteiger partial charge < -0.3 is 15.0 Å². The Morgan fingerprint density at radius 1 is 1.41 bits per heavy atom. The third-order valence-corrected chi connectivity index (χ3v) is 2.91. The summed E-state index contributed by atoms with van der Waals surface area (Å²) in [7, 11) is 1.81. The maximum atomic E-state index is 11.7. The molecule has 0 aliphatic carbocycles. The summed E-state index contributed by atoms with van der Waals surface area (Å²) in [5.41, 5.74) is 0. The molecule has 0 aromatic heterocycles. The van der Waals surface area contributed by atoms with Crippen LogP contribution in [0, 0.1) is 0 Å². The fourth-order valence-corrected chi connectivity index (χ4v) is 2.03. The summed E-state index contributed by atoms with van der Waals surface area (Å²) >= 11 is 0. The zero-order valence-electron chi connectivity index (χ0n) is 10.9. The van der Waals surface area contributed by atoms with Gasteiger partial charge in [0.2, 0.25) is 5.91 Å². The Bertz CT molecular complexity index is 215. The lowest BCUT2D eigenvalue weighted by Crippen LogP contribution is -2.38. The highest BCUT2D eigenvalue weighted by atomic mass is 35.5. The van der Waals surface area contributed by atoms with Crippen LogP contribution in [0.5, 0.6) is 0 Å². The van der Waals surface area contributed by atoms with Gasteiger partial charge >= 0.3 is 0 Å². The van der Waals surface area contributed by atoms with Crippen molar-refractivity contribution in [1.29, 1.82) is 0 Å². The smallest absolute Gasteiger partial charge is 0.236 e. The number of rotatable bonds is 5. The van der Waals surface area contributed by atoms with Crippen LogP contribution in [0.15, 0.2) is 0 Å². The molecular weight excluding hydrogens is 240 g/mol. The van der Waals surface area contributed by atoms with Gasteiger partial charge in [0.1, 0.15) is 0 Å². The van der Waals surface area contributed by atoms with E-state index in [-0.39, 0.29) is 18.3 Å². The Morgan fingerprint density at radius 2 is 2.18 bits per heavy atom. The molecule has 1 fully saturated rings. The van der Waals surface area contributed by atoms with E-state index in [1.54, 1.807) is 0 Å². The van der Waals surface area contributed by atoms with E-state index in [4.69, 9.17) is 4.74 Å². The van der Waals surface area contributed by atoms with Crippen LogP contribution in [0.4, 0.5) is 0 Å². The van der Waals surface area contributed by atoms with Crippen LogP contribution >= 0.6 is 12.4 Å². The number of nitrogens with one attached hydrogen (secondary N) is 1. The molecule has 1 heterocycles. The summed E-state index contributed by atoms with van der Waals surface area (Å²) in [6.45, 7) is 5.14. The molecule has 102 valence electrons. The molecule has 0 bridgehead atoms. The molecule has 1 atom stereocenters. The second-order valence-corrected chi connectivity index (χ2v) is 4.33. The van der Waals surface area contributed by atoms with Crippen molar-refractivity contribution in [1.82, 2.24) is 10.2 Å². The molecule has 0 aromatic rings. The van der Waals surface area contributed by atoms with E-state index in [0.717, 1.165) is 45.4 Å². The number of likely N-dealkylation sites (N-methyl/N-ethyl adjacent to an activating group) is 1. The molecule has 1 aliphatic heterocycles. The predicted molar refractivity (Wildman–Crippen MR) is 71.6 cm³/mol. The Morgan fingerprint density at radius 3 is 2.82 bits per heavy atom. The maximum absolute atomic E-state index is 11.7. The fourth-order valence-electron chi connectivity index (χ4n) is 2.03. The molecule has 0 aromatic carbocycles. The lowest BCUT2D eigenvalue weighted by molar-refractivity contribution is -0.130. The number of halogens is 1. The van der Waals surface area contributed by atoms with Crippen LogP contribution in [-0.4, -0.2) is 50.2 Å². The van der Waals surface area contributed by atoms with Gasteiger partial charge in [-0.2, -0.15) is 0 Å². The summed E-state index contributed by atoms with van der Waals surface area (Å²) in [4.78, 5) is 13.6. The van der Waals surface area contributed by atoms with Crippen molar-refractivity contribution in [3.63, 3.8) is 0 Å². The fraction of sp³-hybridized carbons (Fsp3) is 0.917. The van der Waals surface area contributed by atoms with Crippen molar-refractivity contribution >= 4 is 18.3 Å². The lowest BCUT2D eigenvalue weighted by atomic mass is 10.2. The first kappa shape index (κ1) is 16.7. The second kappa shape index (κ2) is 9.68. The number of ether oxygens (including phenoxy) is 1. The van der Waals surface area contributed by atoms with Crippen LogP contribution in [-0.2, 0) is 9.53 Å². The van der Waals surface area contributed by atoms with Gasteiger partial charge in [0.15, 0.2) is 0 Å². The van der Waals surface area contributed by atoms with Crippen molar-refractivity contribution in [2.24, 2.45) is 0 Å². The highest BCUT2D eigenvalue weighted by Gasteiger charge is 2.20. The Kier molecular flexibility index (Phi) is 9.50. The van der Waals surface area contributed by atoms with Gasteiger partial charge in [0.05, 0.1) is 12.6 Å². The van der Waals surface area contributed by atoms with Crippen LogP contribution in [0.3, 0.4) is 0 Å². The minimum Gasteiger partial charge on any atom is -0.378 e. The van der Waals surface area contributed by atoms with Crippen LogP contribution < -0.4 is 5.32 Å². The molecule has 5 heteroatoms. The first-order valence-electron chi connectivity index (χ1n) is 6.32. The SMILES string of the molecule is CCCOC1CCCN(C(=O)CNC)CC1.Cl. The zero-order chi connectivity index (χ0) is 11.8. The first-order chi connectivity index (χ1) is 7.77. The maximum Gasteiger partial charge on any atom is 0.236 e. The molecule has 1 amide bonds. The van der Waals surface area contributed by atoms with Gasteiger partial charge in [-0.1, -0.05) is 6.92 Å². The van der Waals surface area contributed by atoms with E-state index in [9.17, 15) is 4.79 Å². The summed E-state index contributed by atoms with van der Waals surface area (Å²) in [5, 5.41) is 2.91. The average Bonchev–Trinajstić information content (AvgIpc) is 2.52. The number of carbonyl (C=O) groups excluding carboxylic acids is 1. The Hall–Kier alpha value is -0.320. The standard InChI is InChI=1S/C12H24N2O2.ClH/c1-3-9-16-11-5-4-7-14(8-6-11)12(15)10-13-2;/h11,13H,3-10H2,1-2H3;1H. The number of hydrogen-bond donors (Lipinski definition) is 1. The molecular formula is C12H25ClN2O2. The monoisotopic (exact) mass is 264 g/mol. The van der Waals surface area contributed by atoms with Gasteiger partial charge in [-0.3, -0.25) is 4.79 Å². The normalized spacial score (nSPS) is 20.6. The molecule has 1 rings (SSSR count). The molecule has 1 saturated heterocycles. The molecule has 1 N–H and O–H groups in total. The quantitative estimate of drug-likeness (QED) is 0.817. The van der Waals surface area contributed by atoms with Crippen LogP contribution in [0.25, 0.3) is 0 Å². The number of likely N-dealkylation sites (tertiary alicyclic amines) is 1. The largest absolute Gasteiger partial charge is 0.378 e. The van der Waals surface area contributed by atoms with E-state index < -0.39 is 0 Å². The van der Waals surface area contributed by atoms with Gasteiger partial charge in [0, 0.05) is 19.7 Å². The highest BCUT2D eigenvalue weighted by Crippen LogP contribution is 2.14. The van der Waals surface area contributed by atoms with Gasteiger partial charge in [-0.15, -0.1) is 12.4 Å². The van der Waals surface area contributed by atoms with Crippen molar-refractivity contribution in [2.45, 2.75) is 38.7 Å².